The Kier molecular flexibility index (Phi) is 8.47. The van der Waals surface area contributed by atoms with E-state index in [-0.39, 0.29) is 25.5 Å². The molecule has 2 fully saturated rings. The Labute approximate surface area is 221 Å². The highest BCUT2D eigenvalue weighted by Crippen LogP contribution is 2.27. The summed E-state index contributed by atoms with van der Waals surface area (Å²) in [7, 11) is 3.21. The van der Waals surface area contributed by atoms with Crippen molar-refractivity contribution in [1.82, 2.24) is 25.1 Å². The Morgan fingerprint density at radius 3 is 2.42 bits per heavy atom. The summed E-state index contributed by atoms with van der Waals surface area (Å²) in [6.07, 6.45) is 0.0562. The molecule has 202 valence electrons. The van der Waals surface area contributed by atoms with E-state index >= 15 is 0 Å². The van der Waals surface area contributed by atoms with Crippen LogP contribution in [0.4, 0.5) is 4.79 Å². The maximum atomic E-state index is 13.4. The summed E-state index contributed by atoms with van der Waals surface area (Å²) in [5.74, 6) is -1.28. The second-order valence-electron chi connectivity index (χ2n) is 9.44. The molecular formula is C27H33N5O6. The number of carbonyl (C=O) groups excluding carboxylic acids is 3. The van der Waals surface area contributed by atoms with Gasteiger partial charge in [0.05, 0.1) is 26.6 Å². The highest BCUT2D eigenvalue weighted by Gasteiger charge is 2.51. The highest BCUT2D eigenvalue weighted by molar-refractivity contribution is 5.93. The summed E-state index contributed by atoms with van der Waals surface area (Å²) in [5, 5.41) is 15.3. The van der Waals surface area contributed by atoms with Gasteiger partial charge in [-0.25, -0.2) is 14.8 Å². The molecule has 0 spiro atoms. The number of amides is 4. The van der Waals surface area contributed by atoms with Crippen LogP contribution in [0.3, 0.4) is 0 Å². The SMILES string of the molecule is COc1ccc(CNC(=O)N2[C@H]3CN(CCCc4ccccc4)C(=O)[C@H](CC(=O)O)N3C(=O)CN2C)cc1. The van der Waals surface area contributed by atoms with Crippen LogP contribution in [0, 0.1) is 0 Å². The number of rotatable bonds is 9. The lowest BCUT2D eigenvalue weighted by atomic mass is 10.0. The lowest BCUT2D eigenvalue weighted by molar-refractivity contribution is -0.188. The summed E-state index contributed by atoms with van der Waals surface area (Å²) in [6.45, 7) is 0.569. The third kappa shape index (κ3) is 6.05. The topological polar surface area (TPSA) is 123 Å². The molecule has 4 amide bonds. The van der Waals surface area contributed by atoms with Crippen LogP contribution in [0.1, 0.15) is 24.0 Å². The van der Waals surface area contributed by atoms with Crippen molar-refractivity contribution in [3.63, 3.8) is 0 Å². The van der Waals surface area contributed by atoms with Gasteiger partial charge in [-0.05, 0) is 36.1 Å². The normalized spacial score (nSPS) is 19.8. The molecule has 11 heteroatoms. The van der Waals surface area contributed by atoms with Crippen molar-refractivity contribution >= 4 is 23.8 Å². The van der Waals surface area contributed by atoms with Crippen LogP contribution >= 0.6 is 0 Å². The summed E-state index contributed by atoms with van der Waals surface area (Å²) in [4.78, 5) is 54.3. The number of carboxylic acids is 1. The molecule has 0 saturated carbocycles. The standard InChI is InChI=1S/C27H33N5O6/c1-29-18-24(33)31-22(15-25(34)35)26(36)30(14-6-9-19-7-4-3-5-8-19)17-23(31)32(29)27(37)28-16-20-10-12-21(38-2)13-11-20/h3-5,7-8,10-13,22-23H,6,9,14-18H2,1-2H3,(H,28,37)(H,34,35)/t22-,23-/m0/s1. The second-order valence-corrected chi connectivity index (χ2v) is 9.44. The number of carboxylic acid groups (broad SMARTS) is 1. The Morgan fingerprint density at radius 2 is 1.76 bits per heavy atom. The molecule has 0 aliphatic carbocycles. The summed E-state index contributed by atoms with van der Waals surface area (Å²) in [5.41, 5.74) is 1.99. The minimum atomic E-state index is -1.18. The molecule has 2 aliphatic heterocycles. The van der Waals surface area contributed by atoms with Crippen molar-refractivity contribution in [1.29, 1.82) is 0 Å². The Hall–Kier alpha value is -4.12. The second kappa shape index (κ2) is 12.0. The van der Waals surface area contributed by atoms with Crippen LogP contribution in [-0.4, -0.2) is 94.7 Å². The zero-order valence-electron chi connectivity index (χ0n) is 21.6. The van der Waals surface area contributed by atoms with Crippen molar-refractivity contribution in [2.45, 2.75) is 38.0 Å². The molecule has 2 aromatic carbocycles. The van der Waals surface area contributed by atoms with Gasteiger partial charge >= 0.3 is 12.0 Å². The predicted octanol–water partition coefficient (Wildman–Crippen LogP) is 1.54. The first-order valence-corrected chi connectivity index (χ1v) is 12.5. The molecule has 2 aliphatic rings. The van der Waals surface area contributed by atoms with E-state index in [1.54, 1.807) is 31.2 Å². The lowest BCUT2D eigenvalue weighted by Crippen LogP contribution is -2.76. The van der Waals surface area contributed by atoms with E-state index in [1.807, 2.05) is 42.5 Å². The van der Waals surface area contributed by atoms with Crippen molar-refractivity contribution < 1.29 is 29.0 Å². The minimum Gasteiger partial charge on any atom is -0.497 e. The van der Waals surface area contributed by atoms with Crippen molar-refractivity contribution in [3.8, 4) is 5.75 Å². The van der Waals surface area contributed by atoms with Crippen LogP contribution < -0.4 is 10.1 Å². The number of ether oxygens (including phenoxy) is 1. The third-order valence-corrected chi connectivity index (χ3v) is 6.85. The predicted molar refractivity (Wildman–Crippen MR) is 138 cm³/mol. The molecule has 2 atom stereocenters. The van der Waals surface area contributed by atoms with E-state index in [9.17, 15) is 24.3 Å². The molecule has 0 unspecified atom stereocenters. The number of aryl methyl sites for hydroxylation is 1. The third-order valence-electron chi connectivity index (χ3n) is 6.85. The number of hydrazine groups is 1. The minimum absolute atomic E-state index is 0.0930. The fraction of sp³-hybridized carbons (Fsp3) is 0.407. The number of likely N-dealkylation sites (N-methyl/N-ethyl adjacent to an activating group) is 1. The number of piperazine rings is 1. The number of aliphatic carboxylic acids is 1. The maximum Gasteiger partial charge on any atom is 0.334 e. The first-order valence-electron chi connectivity index (χ1n) is 12.5. The zero-order chi connectivity index (χ0) is 27.2. The van der Waals surface area contributed by atoms with E-state index in [0.29, 0.717) is 18.7 Å². The molecule has 2 aromatic rings. The summed E-state index contributed by atoms with van der Waals surface area (Å²) in [6, 6.07) is 15.5. The van der Waals surface area contributed by atoms with Gasteiger partial charge in [0.15, 0.2) is 0 Å². The molecule has 0 aromatic heterocycles. The number of methoxy groups -OCH3 is 1. The average molecular weight is 524 g/mol. The van der Waals surface area contributed by atoms with E-state index in [0.717, 1.165) is 17.5 Å². The summed E-state index contributed by atoms with van der Waals surface area (Å²) >= 11 is 0. The van der Waals surface area contributed by atoms with Gasteiger partial charge in [-0.15, -0.1) is 0 Å². The average Bonchev–Trinajstić information content (AvgIpc) is 2.90. The van der Waals surface area contributed by atoms with Gasteiger partial charge in [0.25, 0.3) is 0 Å². The van der Waals surface area contributed by atoms with Crippen LogP contribution in [-0.2, 0) is 27.3 Å². The molecule has 2 heterocycles. The zero-order valence-corrected chi connectivity index (χ0v) is 21.6. The van der Waals surface area contributed by atoms with E-state index in [4.69, 9.17) is 4.74 Å². The van der Waals surface area contributed by atoms with Crippen molar-refractivity contribution in [3.05, 3.63) is 65.7 Å². The number of hydrogen-bond donors (Lipinski definition) is 2. The molecule has 0 bridgehead atoms. The first-order chi connectivity index (χ1) is 18.3. The molecule has 38 heavy (non-hydrogen) atoms. The van der Waals surface area contributed by atoms with Crippen LogP contribution in [0.25, 0.3) is 0 Å². The number of nitrogens with zero attached hydrogens (tertiary/aromatic N) is 4. The number of hydrogen-bond acceptors (Lipinski definition) is 6. The maximum absolute atomic E-state index is 13.4. The van der Waals surface area contributed by atoms with Gasteiger partial charge in [-0.1, -0.05) is 42.5 Å². The number of nitrogens with one attached hydrogen (secondary N) is 1. The molecule has 2 N–H and O–H groups in total. The number of benzene rings is 2. The van der Waals surface area contributed by atoms with E-state index < -0.39 is 36.5 Å². The number of urea groups is 1. The van der Waals surface area contributed by atoms with Gasteiger partial charge in [-0.3, -0.25) is 14.4 Å². The van der Waals surface area contributed by atoms with Crippen LogP contribution in [0.5, 0.6) is 5.75 Å². The fourth-order valence-electron chi connectivity index (χ4n) is 4.99. The van der Waals surface area contributed by atoms with E-state index in [1.165, 1.54) is 14.9 Å². The molecule has 4 rings (SSSR count). The van der Waals surface area contributed by atoms with Gasteiger partial charge in [0.1, 0.15) is 18.0 Å². The number of fused-ring (bicyclic) bond motifs is 1. The lowest BCUT2D eigenvalue weighted by Gasteiger charge is -2.54. The Balaban J connectivity index is 1.51. The quantitative estimate of drug-likeness (QED) is 0.511. The monoisotopic (exact) mass is 523 g/mol. The largest absolute Gasteiger partial charge is 0.497 e. The van der Waals surface area contributed by atoms with E-state index in [2.05, 4.69) is 5.32 Å². The van der Waals surface area contributed by atoms with Crippen LogP contribution in [0.2, 0.25) is 0 Å². The highest BCUT2D eigenvalue weighted by atomic mass is 16.5. The molecule has 0 radical (unpaired) electrons. The smallest absolute Gasteiger partial charge is 0.334 e. The fourth-order valence-corrected chi connectivity index (χ4v) is 4.99. The molecule has 11 nitrogen and oxygen atoms in total. The van der Waals surface area contributed by atoms with Gasteiger partial charge in [-0.2, -0.15) is 0 Å². The van der Waals surface area contributed by atoms with Gasteiger partial charge in [0.2, 0.25) is 11.8 Å². The van der Waals surface area contributed by atoms with Crippen molar-refractivity contribution in [2.75, 3.05) is 33.8 Å². The van der Waals surface area contributed by atoms with Gasteiger partial charge in [0, 0.05) is 20.1 Å². The first kappa shape index (κ1) is 26.9. The molecule has 2 saturated heterocycles. The molecular weight excluding hydrogens is 490 g/mol. The van der Waals surface area contributed by atoms with Crippen LogP contribution in [0.15, 0.2) is 54.6 Å². The summed E-state index contributed by atoms with van der Waals surface area (Å²) < 4.78 is 5.17. The number of carbonyl (C=O) groups is 4. The van der Waals surface area contributed by atoms with Crippen molar-refractivity contribution in [2.24, 2.45) is 0 Å². The van der Waals surface area contributed by atoms with Gasteiger partial charge < -0.3 is 25.0 Å². The Bertz CT molecular complexity index is 1160. The Morgan fingerprint density at radius 1 is 1.05 bits per heavy atom.